The zero-order valence-electron chi connectivity index (χ0n) is 10.1. The van der Waals surface area contributed by atoms with Gasteiger partial charge in [-0.05, 0) is 24.6 Å². The van der Waals surface area contributed by atoms with Crippen LogP contribution in [-0.2, 0) is 4.74 Å². The largest absolute Gasteiger partial charge is 0.486 e. The summed E-state index contributed by atoms with van der Waals surface area (Å²) in [7, 11) is 0. The van der Waals surface area contributed by atoms with Crippen molar-refractivity contribution in [3.63, 3.8) is 0 Å². The van der Waals surface area contributed by atoms with E-state index in [0.717, 1.165) is 10.9 Å². The maximum atomic E-state index is 9.66. The SMILES string of the molecule is CCCOC1C(O)CC1Oc1cc(Br)ccc1Cl. The van der Waals surface area contributed by atoms with Gasteiger partial charge in [-0.15, -0.1) is 0 Å². The number of halogens is 2. The zero-order chi connectivity index (χ0) is 13.1. The fraction of sp³-hybridized carbons (Fsp3) is 0.538. The number of ether oxygens (including phenoxy) is 2. The van der Waals surface area contributed by atoms with Crippen LogP contribution in [-0.4, -0.2) is 30.0 Å². The van der Waals surface area contributed by atoms with E-state index >= 15 is 0 Å². The molecule has 1 aromatic rings. The van der Waals surface area contributed by atoms with Gasteiger partial charge in [0.25, 0.3) is 0 Å². The highest BCUT2D eigenvalue weighted by Crippen LogP contribution is 2.34. The highest BCUT2D eigenvalue weighted by atomic mass is 79.9. The molecule has 0 saturated heterocycles. The Hall–Kier alpha value is -0.290. The molecule has 0 bridgehead atoms. The third-order valence-corrected chi connectivity index (χ3v) is 3.71. The predicted octanol–water partition coefficient (Wildman–Crippen LogP) is 3.41. The second kappa shape index (κ2) is 6.24. The Morgan fingerprint density at radius 1 is 1.50 bits per heavy atom. The minimum absolute atomic E-state index is 0.127. The van der Waals surface area contributed by atoms with E-state index in [9.17, 15) is 5.11 Å². The van der Waals surface area contributed by atoms with Gasteiger partial charge in [0.1, 0.15) is 18.0 Å². The Balaban J connectivity index is 1.98. The summed E-state index contributed by atoms with van der Waals surface area (Å²) in [4.78, 5) is 0. The third-order valence-electron chi connectivity index (χ3n) is 2.91. The smallest absolute Gasteiger partial charge is 0.139 e. The summed E-state index contributed by atoms with van der Waals surface area (Å²) < 4.78 is 12.3. The van der Waals surface area contributed by atoms with E-state index in [0.29, 0.717) is 23.8 Å². The van der Waals surface area contributed by atoms with E-state index in [4.69, 9.17) is 21.1 Å². The van der Waals surface area contributed by atoms with Crippen molar-refractivity contribution in [3.05, 3.63) is 27.7 Å². The minimum Gasteiger partial charge on any atom is -0.486 e. The van der Waals surface area contributed by atoms with E-state index in [1.807, 2.05) is 19.1 Å². The molecule has 1 saturated carbocycles. The Morgan fingerprint density at radius 3 is 2.94 bits per heavy atom. The van der Waals surface area contributed by atoms with Gasteiger partial charge in [0, 0.05) is 17.5 Å². The van der Waals surface area contributed by atoms with E-state index in [-0.39, 0.29) is 12.2 Å². The number of aliphatic hydroxyl groups excluding tert-OH is 1. The molecule has 1 fully saturated rings. The van der Waals surface area contributed by atoms with Crippen LogP contribution >= 0.6 is 27.5 Å². The van der Waals surface area contributed by atoms with Crippen LogP contribution in [0, 0.1) is 0 Å². The van der Waals surface area contributed by atoms with Crippen LogP contribution in [0.1, 0.15) is 19.8 Å². The Bertz CT molecular complexity index is 413. The second-order valence-corrected chi connectivity index (χ2v) is 5.69. The number of rotatable bonds is 5. The Morgan fingerprint density at radius 2 is 2.28 bits per heavy atom. The van der Waals surface area contributed by atoms with Crippen LogP contribution in [0.15, 0.2) is 22.7 Å². The lowest BCUT2D eigenvalue weighted by Crippen LogP contribution is -2.55. The van der Waals surface area contributed by atoms with Crippen molar-refractivity contribution in [3.8, 4) is 5.75 Å². The van der Waals surface area contributed by atoms with Gasteiger partial charge in [-0.2, -0.15) is 0 Å². The Labute approximate surface area is 120 Å². The highest BCUT2D eigenvalue weighted by molar-refractivity contribution is 9.10. The highest BCUT2D eigenvalue weighted by Gasteiger charge is 2.43. The molecular weight excluding hydrogens is 319 g/mol. The van der Waals surface area contributed by atoms with Crippen LogP contribution in [0.3, 0.4) is 0 Å². The molecule has 2 rings (SSSR count). The first kappa shape index (κ1) is 14.1. The van der Waals surface area contributed by atoms with Gasteiger partial charge in [-0.1, -0.05) is 34.5 Å². The number of aliphatic hydroxyl groups is 1. The summed E-state index contributed by atoms with van der Waals surface area (Å²) in [6.45, 7) is 2.67. The lowest BCUT2D eigenvalue weighted by molar-refractivity contribution is -0.162. The molecular formula is C13H16BrClO3. The third kappa shape index (κ3) is 3.18. The number of hydrogen-bond acceptors (Lipinski definition) is 3. The monoisotopic (exact) mass is 334 g/mol. The van der Waals surface area contributed by atoms with Crippen LogP contribution < -0.4 is 4.74 Å². The van der Waals surface area contributed by atoms with Crippen molar-refractivity contribution in [1.29, 1.82) is 0 Å². The molecule has 0 spiro atoms. The predicted molar refractivity (Wildman–Crippen MR) is 74.2 cm³/mol. The van der Waals surface area contributed by atoms with Crippen molar-refractivity contribution in [1.82, 2.24) is 0 Å². The molecule has 3 atom stereocenters. The van der Waals surface area contributed by atoms with E-state index in [1.54, 1.807) is 6.07 Å². The van der Waals surface area contributed by atoms with Crippen LogP contribution in [0.4, 0.5) is 0 Å². The molecule has 0 aromatic heterocycles. The molecule has 1 aliphatic rings. The fourth-order valence-electron chi connectivity index (χ4n) is 1.88. The first-order chi connectivity index (χ1) is 8.61. The normalized spacial score (nSPS) is 26.8. The van der Waals surface area contributed by atoms with Crippen molar-refractivity contribution >= 4 is 27.5 Å². The molecule has 3 nitrogen and oxygen atoms in total. The lowest BCUT2D eigenvalue weighted by Gasteiger charge is -2.40. The molecule has 1 aliphatic carbocycles. The van der Waals surface area contributed by atoms with Crippen LogP contribution in [0.25, 0.3) is 0 Å². The molecule has 0 amide bonds. The second-order valence-electron chi connectivity index (χ2n) is 4.37. The summed E-state index contributed by atoms with van der Waals surface area (Å²) in [5.41, 5.74) is 0. The topological polar surface area (TPSA) is 38.7 Å². The van der Waals surface area contributed by atoms with E-state index in [2.05, 4.69) is 15.9 Å². The van der Waals surface area contributed by atoms with Crippen molar-refractivity contribution in [2.75, 3.05) is 6.61 Å². The summed E-state index contributed by atoms with van der Waals surface area (Å²) in [6, 6.07) is 5.46. The van der Waals surface area contributed by atoms with Gasteiger partial charge in [-0.25, -0.2) is 0 Å². The molecule has 5 heteroatoms. The maximum Gasteiger partial charge on any atom is 0.139 e. The van der Waals surface area contributed by atoms with Gasteiger partial charge < -0.3 is 14.6 Å². The Kier molecular flexibility index (Phi) is 4.90. The summed E-state index contributed by atoms with van der Waals surface area (Å²) in [5, 5.41) is 10.2. The first-order valence-corrected chi connectivity index (χ1v) is 7.20. The van der Waals surface area contributed by atoms with Gasteiger partial charge in [-0.3, -0.25) is 0 Å². The summed E-state index contributed by atoms with van der Waals surface area (Å²) in [6.07, 6.45) is 0.691. The maximum absolute atomic E-state index is 9.66. The van der Waals surface area contributed by atoms with Crippen LogP contribution in [0.5, 0.6) is 5.75 Å². The minimum atomic E-state index is -0.438. The van der Waals surface area contributed by atoms with Gasteiger partial charge in [0.2, 0.25) is 0 Å². The van der Waals surface area contributed by atoms with Gasteiger partial charge in [0.05, 0.1) is 11.1 Å². The molecule has 18 heavy (non-hydrogen) atoms. The molecule has 0 radical (unpaired) electrons. The lowest BCUT2D eigenvalue weighted by atomic mass is 9.88. The average molecular weight is 336 g/mol. The standard InChI is InChI=1S/C13H16BrClO3/c1-2-5-17-13-10(16)7-12(13)18-11-6-8(14)3-4-9(11)15/h3-4,6,10,12-13,16H,2,5,7H2,1H3. The summed E-state index contributed by atoms with van der Waals surface area (Å²) in [5.74, 6) is 0.619. The molecule has 100 valence electrons. The van der Waals surface area contributed by atoms with Crippen LogP contribution in [0.2, 0.25) is 5.02 Å². The van der Waals surface area contributed by atoms with E-state index in [1.165, 1.54) is 0 Å². The van der Waals surface area contributed by atoms with Crippen molar-refractivity contribution in [2.24, 2.45) is 0 Å². The van der Waals surface area contributed by atoms with Crippen molar-refractivity contribution in [2.45, 2.75) is 38.1 Å². The quantitative estimate of drug-likeness (QED) is 0.896. The van der Waals surface area contributed by atoms with Gasteiger partial charge in [0.15, 0.2) is 0 Å². The molecule has 0 heterocycles. The average Bonchev–Trinajstić information content (AvgIpc) is 2.33. The number of benzene rings is 1. The van der Waals surface area contributed by atoms with E-state index < -0.39 is 6.10 Å². The molecule has 0 aliphatic heterocycles. The fourth-order valence-corrected chi connectivity index (χ4v) is 2.38. The molecule has 3 unspecified atom stereocenters. The van der Waals surface area contributed by atoms with Crippen molar-refractivity contribution < 1.29 is 14.6 Å². The molecule has 1 aromatic carbocycles. The first-order valence-electron chi connectivity index (χ1n) is 6.03. The van der Waals surface area contributed by atoms with Gasteiger partial charge >= 0.3 is 0 Å². The summed E-state index contributed by atoms with van der Waals surface area (Å²) >= 11 is 9.44. The number of hydrogen-bond donors (Lipinski definition) is 1. The zero-order valence-corrected chi connectivity index (χ0v) is 12.4. The molecule has 1 N–H and O–H groups in total.